The fraction of sp³-hybridized carbons (Fsp3) is 0.385. The minimum absolute atomic E-state index is 0.0948. The summed E-state index contributed by atoms with van der Waals surface area (Å²) in [4.78, 5) is 23.0. The molecular weight excluding hydrogens is 310 g/mol. The number of rotatable bonds is 5. The molecule has 1 rings (SSSR count). The maximum atomic E-state index is 11.7. The maximum absolute atomic E-state index is 11.7. The molecule has 0 radical (unpaired) electrons. The predicted octanol–water partition coefficient (Wildman–Crippen LogP) is 1.89. The standard InChI is InChI=1S/C13H18BrN3O2/c1-9(2)17-13(19)16-8-7-15-12(18)10-3-5-11(14)6-4-10/h3-6,9H,7-8H2,1-2H3,(H,15,18)(H2,16,17,19). The third-order valence-electron chi connectivity index (χ3n) is 2.22. The zero-order valence-corrected chi connectivity index (χ0v) is 12.6. The fourth-order valence-corrected chi connectivity index (χ4v) is 1.63. The van der Waals surface area contributed by atoms with Gasteiger partial charge in [0.15, 0.2) is 0 Å². The quantitative estimate of drug-likeness (QED) is 0.723. The zero-order chi connectivity index (χ0) is 14.3. The molecule has 0 bridgehead atoms. The van der Waals surface area contributed by atoms with Gasteiger partial charge in [0.2, 0.25) is 0 Å². The Bertz CT molecular complexity index is 432. The number of benzene rings is 1. The van der Waals surface area contributed by atoms with Crippen LogP contribution in [0.5, 0.6) is 0 Å². The molecule has 0 aliphatic rings. The van der Waals surface area contributed by atoms with E-state index in [4.69, 9.17) is 0 Å². The molecule has 5 nitrogen and oxygen atoms in total. The predicted molar refractivity (Wildman–Crippen MR) is 78.1 cm³/mol. The molecule has 0 saturated carbocycles. The van der Waals surface area contributed by atoms with Crippen molar-refractivity contribution < 1.29 is 9.59 Å². The Hall–Kier alpha value is -1.56. The molecule has 0 saturated heterocycles. The number of amides is 3. The lowest BCUT2D eigenvalue weighted by Gasteiger charge is -2.10. The van der Waals surface area contributed by atoms with Gasteiger partial charge in [0.05, 0.1) is 0 Å². The van der Waals surface area contributed by atoms with E-state index in [9.17, 15) is 9.59 Å². The first-order valence-corrected chi connectivity index (χ1v) is 6.86. The second kappa shape index (κ2) is 7.78. The molecule has 0 heterocycles. The van der Waals surface area contributed by atoms with Gasteiger partial charge >= 0.3 is 6.03 Å². The highest BCUT2D eigenvalue weighted by atomic mass is 79.9. The van der Waals surface area contributed by atoms with Crippen LogP contribution < -0.4 is 16.0 Å². The average molecular weight is 328 g/mol. The third kappa shape index (κ3) is 6.24. The van der Waals surface area contributed by atoms with Crippen molar-refractivity contribution in [3.8, 4) is 0 Å². The number of hydrogen-bond acceptors (Lipinski definition) is 2. The second-order valence-corrected chi connectivity index (χ2v) is 5.23. The summed E-state index contributed by atoms with van der Waals surface area (Å²) in [6.45, 7) is 4.55. The lowest BCUT2D eigenvalue weighted by molar-refractivity contribution is 0.0954. The number of carbonyl (C=O) groups excluding carboxylic acids is 2. The molecule has 0 atom stereocenters. The average Bonchev–Trinajstić information content (AvgIpc) is 2.34. The van der Waals surface area contributed by atoms with Gasteiger partial charge in [0, 0.05) is 29.2 Å². The Labute approximate surface area is 121 Å². The molecule has 3 amide bonds. The van der Waals surface area contributed by atoms with Crippen LogP contribution in [0, 0.1) is 0 Å². The lowest BCUT2D eigenvalue weighted by Crippen LogP contribution is -2.42. The summed E-state index contributed by atoms with van der Waals surface area (Å²) in [5.41, 5.74) is 0.592. The van der Waals surface area contributed by atoms with Crippen molar-refractivity contribution in [2.24, 2.45) is 0 Å². The van der Waals surface area contributed by atoms with Crippen LogP contribution in [-0.4, -0.2) is 31.1 Å². The van der Waals surface area contributed by atoms with Gasteiger partial charge in [-0.2, -0.15) is 0 Å². The number of hydrogen-bond donors (Lipinski definition) is 3. The van der Waals surface area contributed by atoms with E-state index in [-0.39, 0.29) is 18.0 Å². The molecule has 0 spiro atoms. The molecule has 0 aromatic heterocycles. The zero-order valence-electron chi connectivity index (χ0n) is 11.0. The van der Waals surface area contributed by atoms with E-state index in [0.29, 0.717) is 18.7 Å². The number of halogens is 1. The summed E-state index contributed by atoms with van der Waals surface area (Å²) >= 11 is 3.31. The van der Waals surface area contributed by atoms with Crippen LogP contribution in [0.15, 0.2) is 28.7 Å². The number of nitrogens with one attached hydrogen (secondary N) is 3. The summed E-state index contributed by atoms with van der Waals surface area (Å²) < 4.78 is 0.927. The van der Waals surface area contributed by atoms with Crippen molar-refractivity contribution in [3.05, 3.63) is 34.3 Å². The van der Waals surface area contributed by atoms with Gasteiger partial charge in [-0.05, 0) is 38.1 Å². The highest BCUT2D eigenvalue weighted by molar-refractivity contribution is 9.10. The van der Waals surface area contributed by atoms with Crippen LogP contribution in [0.3, 0.4) is 0 Å². The highest BCUT2D eigenvalue weighted by Gasteiger charge is 2.05. The van der Waals surface area contributed by atoms with E-state index in [1.165, 1.54) is 0 Å². The molecule has 0 fully saturated rings. The van der Waals surface area contributed by atoms with Gasteiger partial charge in [-0.3, -0.25) is 4.79 Å². The summed E-state index contributed by atoms with van der Waals surface area (Å²) in [6, 6.07) is 6.95. The molecule has 1 aromatic carbocycles. The van der Waals surface area contributed by atoms with Crippen molar-refractivity contribution in [2.45, 2.75) is 19.9 Å². The Morgan fingerprint density at radius 2 is 1.68 bits per heavy atom. The Kier molecular flexibility index (Phi) is 6.35. The topological polar surface area (TPSA) is 70.2 Å². The van der Waals surface area contributed by atoms with E-state index in [2.05, 4.69) is 31.9 Å². The van der Waals surface area contributed by atoms with Gasteiger partial charge in [-0.1, -0.05) is 15.9 Å². The van der Waals surface area contributed by atoms with Gasteiger partial charge in [-0.15, -0.1) is 0 Å². The van der Waals surface area contributed by atoms with E-state index in [0.717, 1.165) is 4.47 Å². The maximum Gasteiger partial charge on any atom is 0.315 e. The molecular formula is C13H18BrN3O2. The van der Waals surface area contributed by atoms with Crippen molar-refractivity contribution in [1.29, 1.82) is 0 Å². The van der Waals surface area contributed by atoms with Crippen LogP contribution in [0.1, 0.15) is 24.2 Å². The van der Waals surface area contributed by atoms with Gasteiger partial charge in [0.1, 0.15) is 0 Å². The number of urea groups is 1. The highest BCUT2D eigenvalue weighted by Crippen LogP contribution is 2.10. The Morgan fingerprint density at radius 1 is 1.11 bits per heavy atom. The van der Waals surface area contributed by atoms with Crippen molar-refractivity contribution >= 4 is 27.9 Å². The van der Waals surface area contributed by atoms with Gasteiger partial charge in [0.25, 0.3) is 5.91 Å². The van der Waals surface area contributed by atoms with E-state index >= 15 is 0 Å². The smallest absolute Gasteiger partial charge is 0.315 e. The fourth-order valence-electron chi connectivity index (χ4n) is 1.37. The second-order valence-electron chi connectivity index (χ2n) is 4.32. The first-order valence-electron chi connectivity index (χ1n) is 6.07. The molecule has 1 aromatic rings. The number of carbonyl (C=O) groups is 2. The van der Waals surface area contributed by atoms with Crippen LogP contribution >= 0.6 is 15.9 Å². The normalized spacial score (nSPS) is 10.1. The first-order chi connectivity index (χ1) is 8.99. The molecule has 3 N–H and O–H groups in total. The molecule has 0 aliphatic heterocycles. The van der Waals surface area contributed by atoms with Crippen LogP contribution in [0.2, 0.25) is 0 Å². The minimum Gasteiger partial charge on any atom is -0.350 e. The molecule has 0 aliphatic carbocycles. The van der Waals surface area contributed by atoms with Crippen LogP contribution in [0.4, 0.5) is 4.79 Å². The lowest BCUT2D eigenvalue weighted by atomic mass is 10.2. The minimum atomic E-state index is -0.229. The van der Waals surface area contributed by atoms with E-state index in [1.54, 1.807) is 12.1 Å². The van der Waals surface area contributed by atoms with E-state index in [1.807, 2.05) is 26.0 Å². The van der Waals surface area contributed by atoms with Crippen LogP contribution in [0.25, 0.3) is 0 Å². The molecule has 19 heavy (non-hydrogen) atoms. The largest absolute Gasteiger partial charge is 0.350 e. The molecule has 6 heteroatoms. The third-order valence-corrected chi connectivity index (χ3v) is 2.75. The molecule has 104 valence electrons. The Balaban J connectivity index is 2.24. The SMILES string of the molecule is CC(C)NC(=O)NCCNC(=O)c1ccc(Br)cc1. The van der Waals surface area contributed by atoms with Crippen molar-refractivity contribution in [3.63, 3.8) is 0 Å². The van der Waals surface area contributed by atoms with Crippen molar-refractivity contribution in [2.75, 3.05) is 13.1 Å². The summed E-state index contributed by atoms with van der Waals surface area (Å²) in [5.74, 6) is -0.154. The van der Waals surface area contributed by atoms with Gasteiger partial charge in [-0.25, -0.2) is 4.79 Å². The van der Waals surface area contributed by atoms with Gasteiger partial charge < -0.3 is 16.0 Å². The summed E-state index contributed by atoms with van der Waals surface area (Å²) in [7, 11) is 0. The molecule has 0 unspecified atom stereocenters. The van der Waals surface area contributed by atoms with E-state index < -0.39 is 0 Å². The van der Waals surface area contributed by atoms with Crippen molar-refractivity contribution in [1.82, 2.24) is 16.0 Å². The Morgan fingerprint density at radius 3 is 2.26 bits per heavy atom. The summed E-state index contributed by atoms with van der Waals surface area (Å²) in [5, 5.41) is 8.09. The monoisotopic (exact) mass is 327 g/mol. The van der Waals surface area contributed by atoms with Crippen LogP contribution in [-0.2, 0) is 0 Å². The summed E-state index contributed by atoms with van der Waals surface area (Å²) in [6.07, 6.45) is 0. The first kappa shape index (κ1) is 15.5.